The van der Waals surface area contributed by atoms with E-state index in [1.807, 2.05) is 38.1 Å². The molecule has 1 aromatic carbocycles. The van der Waals surface area contributed by atoms with Crippen molar-refractivity contribution >= 4 is 5.78 Å². The van der Waals surface area contributed by atoms with Crippen molar-refractivity contribution in [1.82, 2.24) is 0 Å². The molecule has 0 bridgehead atoms. The first-order chi connectivity index (χ1) is 7.06. The number of carbonyl (C=O) groups excluding carboxylic acids is 1. The zero-order chi connectivity index (χ0) is 11.4. The van der Waals surface area contributed by atoms with Crippen LogP contribution >= 0.6 is 0 Å². The summed E-state index contributed by atoms with van der Waals surface area (Å²) in [5.41, 5.74) is 1.80. The van der Waals surface area contributed by atoms with Gasteiger partial charge in [-0.3, -0.25) is 4.79 Å². The molecule has 0 spiro atoms. The molecule has 0 aromatic heterocycles. The summed E-state index contributed by atoms with van der Waals surface area (Å²) in [4.78, 5) is 11.1. The van der Waals surface area contributed by atoms with E-state index >= 15 is 0 Å². The van der Waals surface area contributed by atoms with Crippen molar-refractivity contribution in [3.8, 4) is 0 Å². The lowest BCUT2D eigenvalue weighted by molar-refractivity contribution is 0.101. The van der Waals surface area contributed by atoms with Gasteiger partial charge in [-0.2, -0.15) is 0 Å². The first kappa shape index (κ1) is 11.9. The molecule has 2 heteroatoms. The molecule has 2 atom stereocenters. The number of benzene rings is 1. The van der Waals surface area contributed by atoms with E-state index in [2.05, 4.69) is 0 Å². The van der Waals surface area contributed by atoms with E-state index in [1.54, 1.807) is 6.92 Å². The van der Waals surface area contributed by atoms with Crippen LogP contribution in [0.2, 0.25) is 0 Å². The molecular weight excluding hydrogens is 188 g/mol. The zero-order valence-corrected chi connectivity index (χ0v) is 9.53. The van der Waals surface area contributed by atoms with Crippen LogP contribution in [0.5, 0.6) is 0 Å². The van der Waals surface area contributed by atoms with Crippen LogP contribution in [0.4, 0.5) is 0 Å². The summed E-state index contributed by atoms with van der Waals surface area (Å²) < 4.78 is 0. The lowest BCUT2D eigenvalue weighted by Crippen LogP contribution is -2.14. The minimum absolute atomic E-state index is 0.0743. The summed E-state index contributed by atoms with van der Waals surface area (Å²) in [6.45, 7) is 5.52. The second kappa shape index (κ2) is 5.08. The highest BCUT2D eigenvalue weighted by atomic mass is 16.3. The zero-order valence-electron chi connectivity index (χ0n) is 9.53. The van der Waals surface area contributed by atoms with Crippen molar-refractivity contribution in [2.75, 3.05) is 0 Å². The standard InChI is InChI=1S/C13H18O2/c1-4-13(15)9(2)11-5-7-12(8-6-11)10(3)14/h5-9,13,15H,4H2,1-3H3. The van der Waals surface area contributed by atoms with Gasteiger partial charge in [-0.1, -0.05) is 38.1 Å². The van der Waals surface area contributed by atoms with Crippen LogP contribution in [0.15, 0.2) is 24.3 Å². The molecule has 1 N–H and O–H groups in total. The van der Waals surface area contributed by atoms with E-state index < -0.39 is 0 Å². The number of ketones is 1. The van der Waals surface area contributed by atoms with Crippen molar-refractivity contribution in [2.24, 2.45) is 0 Å². The predicted octanol–water partition coefficient (Wildman–Crippen LogP) is 2.76. The normalized spacial score (nSPS) is 14.7. The summed E-state index contributed by atoms with van der Waals surface area (Å²) >= 11 is 0. The Morgan fingerprint density at radius 3 is 2.27 bits per heavy atom. The van der Waals surface area contributed by atoms with Crippen LogP contribution in [0.1, 0.15) is 49.0 Å². The SMILES string of the molecule is CCC(O)C(C)c1ccc(C(C)=O)cc1. The topological polar surface area (TPSA) is 37.3 Å². The second-order valence-electron chi connectivity index (χ2n) is 3.94. The maximum atomic E-state index is 11.1. The Hall–Kier alpha value is -1.15. The van der Waals surface area contributed by atoms with Crippen molar-refractivity contribution in [3.63, 3.8) is 0 Å². The molecule has 0 fully saturated rings. The smallest absolute Gasteiger partial charge is 0.159 e. The number of aliphatic hydroxyl groups is 1. The largest absolute Gasteiger partial charge is 0.393 e. The van der Waals surface area contributed by atoms with Crippen LogP contribution in [-0.2, 0) is 0 Å². The van der Waals surface area contributed by atoms with Crippen LogP contribution in [0.25, 0.3) is 0 Å². The fraction of sp³-hybridized carbons (Fsp3) is 0.462. The van der Waals surface area contributed by atoms with E-state index in [4.69, 9.17) is 0 Å². The Morgan fingerprint density at radius 1 is 1.33 bits per heavy atom. The van der Waals surface area contributed by atoms with Gasteiger partial charge in [0.15, 0.2) is 5.78 Å². The average Bonchev–Trinajstić information content (AvgIpc) is 2.27. The number of hydrogen-bond donors (Lipinski definition) is 1. The van der Waals surface area contributed by atoms with E-state index in [1.165, 1.54) is 0 Å². The number of carbonyl (C=O) groups is 1. The van der Waals surface area contributed by atoms with Crippen LogP contribution in [-0.4, -0.2) is 17.0 Å². The van der Waals surface area contributed by atoms with Crippen molar-refractivity contribution < 1.29 is 9.90 Å². The fourth-order valence-electron chi connectivity index (χ4n) is 1.60. The first-order valence-electron chi connectivity index (χ1n) is 5.35. The van der Waals surface area contributed by atoms with Gasteiger partial charge in [0.1, 0.15) is 0 Å². The van der Waals surface area contributed by atoms with Gasteiger partial charge < -0.3 is 5.11 Å². The van der Waals surface area contributed by atoms with Crippen molar-refractivity contribution in [1.29, 1.82) is 0 Å². The molecule has 0 aliphatic rings. The molecular formula is C13H18O2. The summed E-state index contributed by atoms with van der Waals surface area (Å²) in [5, 5.41) is 9.69. The Kier molecular flexibility index (Phi) is 4.04. The molecule has 0 aliphatic carbocycles. The minimum Gasteiger partial charge on any atom is -0.393 e. The molecule has 2 unspecified atom stereocenters. The molecule has 0 saturated carbocycles. The van der Waals surface area contributed by atoms with Crippen molar-refractivity contribution in [2.45, 2.75) is 39.2 Å². The van der Waals surface area contributed by atoms with Gasteiger partial charge in [0.25, 0.3) is 0 Å². The van der Waals surface area contributed by atoms with E-state index in [9.17, 15) is 9.90 Å². The Labute approximate surface area is 90.9 Å². The molecule has 1 aromatic rings. The van der Waals surface area contributed by atoms with Gasteiger partial charge >= 0.3 is 0 Å². The minimum atomic E-state index is -0.312. The highest BCUT2D eigenvalue weighted by molar-refractivity contribution is 5.94. The Morgan fingerprint density at radius 2 is 1.87 bits per heavy atom. The lowest BCUT2D eigenvalue weighted by atomic mass is 9.93. The van der Waals surface area contributed by atoms with Gasteiger partial charge in [-0.25, -0.2) is 0 Å². The number of aliphatic hydroxyl groups excluding tert-OH is 1. The predicted molar refractivity (Wildman–Crippen MR) is 61.2 cm³/mol. The number of Topliss-reactive ketones (excluding diaryl/α,β-unsaturated/α-hetero) is 1. The van der Waals surface area contributed by atoms with Gasteiger partial charge in [-0.05, 0) is 18.9 Å². The van der Waals surface area contributed by atoms with Crippen molar-refractivity contribution in [3.05, 3.63) is 35.4 Å². The van der Waals surface area contributed by atoms with Gasteiger partial charge in [-0.15, -0.1) is 0 Å². The summed E-state index contributed by atoms with van der Waals surface area (Å²) in [6.07, 6.45) is 0.434. The third-order valence-corrected chi connectivity index (χ3v) is 2.84. The molecule has 82 valence electrons. The second-order valence-corrected chi connectivity index (χ2v) is 3.94. The maximum Gasteiger partial charge on any atom is 0.159 e. The number of rotatable bonds is 4. The maximum absolute atomic E-state index is 11.1. The fourth-order valence-corrected chi connectivity index (χ4v) is 1.60. The number of hydrogen-bond acceptors (Lipinski definition) is 2. The highest BCUT2D eigenvalue weighted by Gasteiger charge is 2.14. The van der Waals surface area contributed by atoms with Gasteiger partial charge in [0, 0.05) is 11.5 Å². The molecule has 0 saturated heterocycles. The molecule has 0 heterocycles. The van der Waals surface area contributed by atoms with Crippen LogP contribution < -0.4 is 0 Å². The first-order valence-corrected chi connectivity index (χ1v) is 5.35. The summed E-state index contributed by atoms with van der Waals surface area (Å²) in [7, 11) is 0. The van der Waals surface area contributed by atoms with Gasteiger partial charge in [0.05, 0.1) is 6.10 Å². The molecule has 2 nitrogen and oxygen atoms in total. The molecule has 15 heavy (non-hydrogen) atoms. The average molecular weight is 206 g/mol. The molecule has 0 aliphatic heterocycles. The van der Waals surface area contributed by atoms with E-state index in [0.29, 0.717) is 0 Å². The van der Waals surface area contributed by atoms with E-state index in [-0.39, 0.29) is 17.8 Å². The summed E-state index contributed by atoms with van der Waals surface area (Å²) in [6, 6.07) is 7.47. The third kappa shape index (κ3) is 2.90. The van der Waals surface area contributed by atoms with Crippen LogP contribution in [0, 0.1) is 0 Å². The molecule has 1 rings (SSSR count). The lowest BCUT2D eigenvalue weighted by Gasteiger charge is -2.17. The quantitative estimate of drug-likeness (QED) is 0.769. The Bertz CT molecular complexity index is 327. The Balaban J connectivity index is 2.84. The highest BCUT2D eigenvalue weighted by Crippen LogP contribution is 2.21. The third-order valence-electron chi connectivity index (χ3n) is 2.84. The van der Waals surface area contributed by atoms with Gasteiger partial charge in [0.2, 0.25) is 0 Å². The van der Waals surface area contributed by atoms with Crippen LogP contribution in [0.3, 0.4) is 0 Å². The monoisotopic (exact) mass is 206 g/mol. The van der Waals surface area contributed by atoms with E-state index in [0.717, 1.165) is 17.5 Å². The molecule has 0 amide bonds. The summed E-state index contributed by atoms with van der Waals surface area (Å²) in [5.74, 6) is 0.196. The molecule has 0 radical (unpaired) electrons.